The fraction of sp³-hybridized carbons (Fsp3) is 0.889. The van der Waals surface area contributed by atoms with Gasteiger partial charge in [0.15, 0.2) is 0 Å². The third-order valence-electron chi connectivity index (χ3n) is 1.55. The molecule has 0 bridgehead atoms. The average Bonchev–Trinajstić information content (AvgIpc) is 2.03. The Morgan fingerprint density at radius 3 is 2.62 bits per heavy atom. The second-order valence-electron chi connectivity index (χ2n) is 3.45. The third-order valence-corrected chi connectivity index (χ3v) is 2.11. The molecule has 0 fully saturated rings. The zero-order valence-corrected chi connectivity index (χ0v) is 9.84. The number of hydrogen-bond acceptors (Lipinski definition) is 3. The molecule has 0 aromatic rings. The van der Waals surface area contributed by atoms with E-state index < -0.39 is 6.04 Å². The molecule has 0 heterocycles. The van der Waals surface area contributed by atoms with E-state index in [1.807, 2.05) is 13.8 Å². The van der Waals surface area contributed by atoms with Crippen molar-refractivity contribution in [1.29, 1.82) is 0 Å². The molecule has 1 atom stereocenters. The Hall–Kier alpha value is -0.0900. The number of esters is 1. The molecule has 0 amide bonds. The highest BCUT2D eigenvalue weighted by molar-refractivity contribution is 9.09. The third kappa shape index (κ3) is 7.02. The van der Waals surface area contributed by atoms with Crippen molar-refractivity contribution in [3.8, 4) is 0 Å². The second kappa shape index (κ2) is 7.33. The van der Waals surface area contributed by atoms with E-state index in [9.17, 15) is 4.79 Å². The highest BCUT2D eigenvalue weighted by Gasteiger charge is 2.15. The summed E-state index contributed by atoms with van der Waals surface area (Å²) < 4.78 is 4.95. The van der Waals surface area contributed by atoms with Gasteiger partial charge < -0.3 is 10.5 Å². The molecule has 0 aromatic heterocycles. The van der Waals surface area contributed by atoms with Crippen LogP contribution >= 0.6 is 15.9 Å². The van der Waals surface area contributed by atoms with E-state index >= 15 is 0 Å². The van der Waals surface area contributed by atoms with E-state index in [2.05, 4.69) is 15.9 Å². The first-order valence-electron chi connectivity index (χ1n) is 4.56. The molecule has 0 saturated carbocycles. The van der Waals surface area contributed by atoms with Crippen molar-refractivity contribution in [2.75, 3.05) is 11.9 Å². The summed E-state index contributed by atoms with van der Waals surface area (Å²) in [6.45, 7) is 4.52. The molecule has 78 valence electrons. The van der Waals surface area contributed by atoms with Crippen molar-refractivity contribution in [1.82, 2.24) is 0 Å². The largest absolute Gasteiger partial charge is 0.465 e. The lowest BCUT2D eigenvalue weighted by molar-refractivity contribution is -0.145. The second-order valence-corrected chi connectivity index (χ2v) is 4.24. The summed E-state index contributed by atoms with van der Waals surface area (Å²) in [6, 6.07) is -0.463. The topological polar surface area (TPSA) is 52.3 Å². The minimum Gasteiger partial charge on any atom is -0.465 e. The molecule has 0 aliphatic rings. The van der Waals surface area contributed by atoms with Crippen molar-refractivity contribution < 1.29 is 9.53 Å². The highest BCUT2D eigenvalue weighted by atomic mass is 79.9. The first-order chi connectivity index (χ1) is 6.07. The number of carbonyl (C=O) groups is 1. The SMILES string of the molecule is CC(C)C[C@H](N)C(=O)OCCCBr. The smallest absolute Gasteiger partial charge is 0.322 e. The van der Waals surface area contributed by atoms with Crippen LogP contribution in [-0.2, 0) is 9.53 Å². The summed E-state index contributed by atoms with van der Waals surface area (Å²) in [4.78, 5) is 11.2. The Labute approximate surface area is 88.1 Å². The minimum absolute atomic E-state index is 0.283. The predicted octanol–water partition coefficient (Wildman–Crippen LogP) is 1.69. The number of hydrogen-bond donors (Lipinski definition) is 1. The van der Waals surface area contributed by atoms with Crippen LogP contribution in [0.25, 0.3) is 0 Å². The molecule has 3 nitrogen and oxygen atoms in total. The van der Waals surface area contributed by atoms with E-state index in [4.69, 9.17) is 10.5 Å². The number of nitrogens with two attached hydrogens (primary N) is 1. The summed E-state index contributed by atoms with van der Waals surface area (Å²) in [5, 5.41) is 0.847. The van der Waals surface area contributed by atoms with Crippen LogP contribution in [0.3, 0.4) is 0 Å². The molecule has 0 radical (unpaired) electrons. The quantitative estimate of drug-likeness (QED) is 0.444. The molecule has 0 rings (SSSR count). The van der Waals surface area contributed by atoms with E-state index in [-0.39, 0.29) is 5.97 Å². The van der Waals surface area contributed by atoms with Gasteiger partial charge >= 0.3 is 5.97 Å². The van der Waals surface area contributed by atoms with Crippen molar-refractivity contribution in [2.24, 2.45) is 11.7 Å². The Morgan fingerprint density at radius 1 is 1.54 bits per heavy atom. The Morgan fingerprint density at radius 2 is 2.15 bits per heavy atom. The molecule has 0 aromatic carbocycles. The molecule has 0 unspecified atom stereocenters. The zero-order valence-electron chi connectivity index (χ0n) is 8.25. The summed E-state index contributed by atoms with van der Waals surface area (Å²) in [5.74, 6) is 0.147. The normalized spacial score (nSPS) is 13.0. The van der Waals surface area contributed by atoms with Crippen LogP contribution in [0.5, 0.6) is 0 Å². The maximum absolute atomic E-state index is 11.2. The molecular weight excluding hydrogens is 234 g/mol. The molecular formula is C9H18BrNO2. The Balaban J connectivity index is 3.57. The van der Waals surface area contributed by atoms with Gasteiger partial charge in [-0.3, -0.25) is 4.79 Å². The van der Waals surface area contributed by atoms with Gasteiger partial charge in [0, 0.05) is 5.33 Å². The first kappa shape index (κ1) is 12.9. The number of rotatable bonds is 6. The zero-order chi connectivity index (χ0) is 10.3. The van der Waals surface area contributed by atoms with E-state index in [0.29, 0.717) is 18.9 Å². The van der Waals surface area contributed by atoms with Gasteiger partial charge in [-0.15, -0.1) is 0 Å². The van der Waals surface area contributed by atoms with Crippen LogP contribution in [-0.4, -0.2) is 23.9 Å². The first-order valence-corrected chi connectivity index (χ1v) is 5.68. The van der Waals surface area contributed by atoms with Crippen LogP contribution in [0.15, 0.2) is 0 Å². The van der Waals surface area contributed by atoms with Gasteiger partial charge in [-0.25, -0.2) is 0 Å². The van der Waals surface area contributed by atoms with Gasteiger partial charge in [0.05, 0.1) is 6.61 Å². The highest BCUT2D eigenvalue weighted by Crippen LogP contribution is 2.04. The molecule has 0 aliphatic heterocycles. The van der Waals surface area contributed by atoms with Crippen LogP contribution in [0.1, 0.15) is 26.7 Å². The fourth-order valence-corrected chi connectivity index (χ4v) is 1.17. The molecule has 13 heavy (non-hydrogen) atoms. The van der Waals surface area contributed by atoms with Gasteiger partial charge in [-0.2, -0.15) is 0 Å². The van der Waals surface area contributed by atoms with Crippen LogP contribution in [0.4, 0.5) is 0 Å². The summed E-state index contributed by atoms with van der Waals surface area (Å²) in [6.07, 6.45) is 1.52. The summed E-state index contributed by atoms with van der Waals surface area (Å²) >= 11 is 3.25. The van der Waals surface area contributed by atoms with Crippen LogP contribution in [0, 0.1) is 5.92 Å². The lowest BCUT2D eigenvalue weighted by Crippen LogP contribution is -2.33. The predicted molar refractivity (Wildman–Crippen MR) is 56.8 cm³/mol. The number of halogens is 1. The molecule has 0 aliphatic carbocycles. The van der Waals surface area contributed by atoms with Crippen molar-refractivity contribution in [3.63, 3.8) is 0 Å². The van der Waals surface area contributed by atoms with Crippen LogP contribution in [0.2, 0.25) is 0 Å². The van der Waals surface area contributed by atoms with Gasteiger partial charge in [0.2, 0.25) is 0 Å². The fourth-order valence-electron chi connectivity index (χ4n) is 0.938. The van der Waals surface area contributed by atoms with E-state index in [1.165, 1.54) is 0 Å². The minimum atomic E-state index is -0.463. The van der Waals surface area contributed by atoms with Gasteiger partial charge in [0.1, 0.15) is 6.04 Å². The standard InChI is InChI=1S/C9H18BrNO2/c1-7(2)6-8(11)9(12)13-5-3-4-10/h7-8H,3-6,11H2,1-2H3/t8-/m0/s1. The summed E-state index contributed by atoms with van der Waals surface area (Å²) in [7, 11) is 0. The lowest BCUT2D eigenvalue weighted by atomic mass is 10.1. The molecule has 4 heteroatoms. The van der Waals surface area contributed by atoms with E-state index in [0.717, 1.165) is 11.8 Å². The Kier molecular flexibility index (Phi) is 7.28. The van der Waals surface area contributed by atoms with E-state index in [1.54, 1.807) is 0 Å². The van der Waals surface area contributed by atoms with Gasteiger partial charge in [-0.1, -0.05) is 29.8 Å². The van der Waals surface area contributed by atoms with Crippen molar-refractivity contribution in [3.05, 3.63) is 0 Å². The maximum Gasteiger partial charge on any atom is 0.322 e. The summed E-state index contributed by atoms with van der Waals surface area (Å²) in [5.41, 5.74) is 5.61. The molecule has 0 spiro atoms. The Bertz CT molecular complexity index is 151. The monoisotopic (exact) mass is 251 g/mol. The number of alkyl halides is 1. The average molecular weight is 252 g/mol. The van der Waals surface area contributed by atoms with Gasteiger partial charge in [0.25, 0.3) is 0 Å². The van der Waals surface area contributed by atoms with Crippen LogP contribution < -0.4 is 5.73 Å². The molecule has 2 N–H and O–H groups in total. The van der Waals surface area contributed by atoms with Crippen molar-refractivity contribution >= 4 is 21.9 Å². The number of carbonyl (C=O) groups excluding carboxylic acids is 1. The number of ether oxygens (including phenoxy) is 1. The van der Waals surface area contributed by atoms with Crippen molar-refractivity contribution in [2.45, 2.75) is 32.7 Å². The maximum atomic E-state index is 11.2. The lowest BCUT2D eigenvalue weighted by Gasteiger charge is -2.12. The molecule has 0 saturated heterocycles. The van der Waals surface area contributed by atoms with Gasteiger partial charge in [-0.05, 0) is 18.8 Å².